The molecule has 2 unspecified atom stereocenters. The average Bonchev–Trinajstić information content (AvgIpc) is 3.12. The van der Waals surface area contributed by atoms with Crippen LogP contribution in [-0.4, -0.2) is 35.6 Å². The summed E-state index contributed by atoms with van der Waals surface area (Å²) in [6.45, 7) is 1.98. The Bertz CT molecular complexity index is 1010. The van der Waals surface area contributed by atoms with Crippen LogP contribution >= 0.6 is 0 Å². The predicted octanol–water partition coefficient (Wildman–Crippen LogP) is 3.82. The normalized spacial score (nSPS) is 24.9. The summed E-state index contributed by atoms with van der Waals surface area (Å²) in [5.74, 6) is 0. The molecule has 0 amide bonds. The molecule has 4 aliphatic rings. The van der Waals surface area contributed by atoms with Crippen LogP contribution < -0.4 is 4.90 Å². The summed E-state index contributed by atoms with van der Waals surface area (Å²) < 4.78 is 9.03. The standard InChI is InChI=1S/C24H21N2O.Y/c1-2-7-19(8-3-1)25-12-10-23-18(16-25)14-20-22-15-17-6-4-5-9-21(17)26(22)13-11-24(20)27-23;/h1-7,9,14,23-24H,10-13,15H2;/q-1;. The van der Waals surface area contributed by atoms with Crippen molar-refractivity contribution in [3.8, 4) is 0 Å². The van der Waals surface area contributed by atoms with E-state index in [0.717, 1.165) is 38.0 Å². The van der Waals surface area contributed by atoms with Crippen molar-refractivity contribution < 1.29 is 42.0 Å². The summed E-state index contributed by atoms with van der Waals surface area (Å²) in [6.07, 6.45) is 9.44. The Morgan fingerprint density at radius 2 is 1.93 bits per heavy atom. The van der Waals surface area contributed by atoms with Gasteiger partial charge in [-0.25, -0.2) is 12.1 Å². The van der Waals surface area contributed by atoms with Crippen molar-refractivity contribution >= 4 is 17.1 Å². The van der Waals surface area contributed by atoms with Crippen LogP contribution in [0.25, 0.3) is 0 Å². The van der Waals surface area contributed by atoms with Gasteiger partial charge in [-0.05, 0) is 18.5 Å². The van der Waals surface area contributed by atoms with Gasteiger partial charge in [0.2, 0.25) is 5.69 Å². The minimum Gasteiger partial charge on any atom is -0.476 e. The van der Waals surface area contributed by atoms with Crippen LogP contribution in [0.1, 0.15) is 18.4 Å². The molecule has 0 spiro atoms. The Morgan fingerprint density at radius 1 is 1.04 bits per heavy atom. The number of ether oxygens (including phenoxy) is 1. The molecular weight excluding hydrogens is 421 g/mol. The molecule has 3 nitrogen and oxygen atoms in total. The Hall–Kier alpha value is -1.55. The van der Waals surface area contributed by atoms with E-state index < -0.39 is 0 Å². The van der Waals surface area contributed by atoms with E-state index in [0.29, 0.717) is 0 Å². The van der Waals surface area contributed by atoms with Crippen molar-refractivity contribution in [1.29, 1.82) is 0 Å². The van der Waals surface area contributed by atoms with Crippen molar-refractivity contribution in [2.45, 2.75) is 31.5 Å². The summed E-state index contributed by atoms with van der Waals surface area (Å²) in [6, 6.07) is 20.2. The van der Waals surface area contributed by atoms with E-state index >= 15 is 0 Å². The third-order valence-corrected chi connectivity index (χ3v) is 6.11. The zero-order chi connectivity index (χ0) is 17.8. The first-order valence-corrected chi connectivity index (χ1v) is 9.83. The first-order chi connectivity index (χ1) is 13.4. The van der Waals surface area contributed by atoms with Crippen molar-refractivity contribution in [2.24, 2.45) is 0 Å². The van der Waals surface area contributed by atoms with Gasteiger partial charge in [-0.2, -0.15) is 28.5 Å². The van der Waals surface area contributed by atoms with E-state index in [1.165, 1.54) is 28.1 Å². The smallest absolute Gasteiger partial charge is 0.209 e. The minimum atomic E-state index is 0. The molecular formula is C24H21N2OY-. The Morgan fingerprint density at radius 3 is 2.82 bits per heavy atom. The van der Waals surface area contributed by atoms with Crippen LogP contribution in [0.15, 0.2) is 65.8 Å². The molecule has 0 saturated carbocycles. The number of benzene rings is 2. The number of hydrogen-bond donors (Lipinski definition) is 0. The minimum absolute atomic E-state index is 0. The topological polar surface area (TPSA) is 15.5 Å². The Kier molecular flexibility index (Phi) is 4.86. The molecule has 1 radical (unpaired) electrons. The Labute approximate surface area is 191 Å². The summed E-state index contributed by atoms with van der Waals surface area (Å²) in [7, 11) is 0. The molecule has 4 aliphatic heterocycles. The van der Waals surface area contributed by atoms with Gasteiger partial charge in [0.1, 0.15) is 0 Å². The van der Waals surface area contributed by atoms with Gasteiger partial charge >= 0.3 is 0 Å². The van der Waals surface area contributed by atoms with Gasteiger partial charge in [0.15, 0.2) is 12.3 Å². The zero-order valence-corrected chi connectivity index (χ0v) is 18.6. The zero-order valence-electron chi connectivity index (χ0n) is 15.8. The number of anilines is 1. The maximum Gasteiger partial charge on any atom is 0.209 e. The SMILES string of the molecule is [C-]1=C2C=C3C4=[N+](CCC3OC2CCN1c1[c-]cccc1)c1ccccc1C4.[Y]. The van der Waals surface area contributed by atoms with E-state index in [2.05, 4.69) is 64.2 Å². The fourth-order valence-corrected chi connectivity index (χ4v) is 4.81. The molecule has 28 heavy (non-hydrogen) atoms. The molecule has 2 aromatic rings. The number of rotatable bonds is 1. The largest absolute Gasteiger partial charge is 0.476 e. The van der Waals surface area contributed by atoms with Crippen molar-refractivity contribution in [1.82, 2.24) is 0 Å². The second kappa shape index (κ2) is 7.37. The van der Waals surface area contributed by atoms with E-state index in [1.807, 2.05) is 12.1 Å². The molecule has 4 heterocycles. The van der Waals surface area contributed by atoms with Crippen LogP contribution in [0.3, 0.4) is 0 Å². The summed E-state index contributed by atoms with van der Waals surface area (Å²) in [4.78, 5) is 2.18. The summed E-state index contributed by atoms with van der Waals surface area (Å²) >= 11 is 0. The first-order valence-electron chi connectivity index (χ1n) is 9.83. The van der Waals surface area contributed by atoms with Crippen molar-refractivity contribution in [3.63, 3.8) is 0 Å². The molecule has 137 valence electrons. The van der Waals surface area contributed by atoms with Gasteiger partial charge in [-0.3, -0.25) is 0 Å². The number of fused-ring (bicyclic) bond motifs is 5. The molecule has 6 rings (SSSR count). The molecule has 0 fully saturated rings. The van der Waals surface area contributed by atoms with Crippen LogP contribution in [0.5, 0.6) is 0 Å². The van der Waals surface area contributed by atoms with Crippen LogP contribution in [-0.2, 0) is 43.9 Å². The maximum atomic E-state index is 6.53. The van der Waals surface area contributed by atoms with Crippen molar-refractivity contribution in [2.75, 3.05) is 18.0 Å². The first kappa shape index (κ1) is 18.5. The molecule has 0 bridgehead atoms. The van der Waals surface area contributed by atoms with Gasteiger partial charge in [0.05, 0.1) is 18.6 Å². The maximum absolute atomic E-state index is 6.53. The molecule has 0 aliphatic carbocycles. The van der Waals surface area contributed by atoms with E-state index in [-0.39, 0.29) is 44.9 Å². The van der Waals surface area contributed by atoms with Crippen molar-refractivity contribution in [3.05, 3.63) is 83.6 Å². The van der Waals surface area contributed by atoms with Crippen LogP contribution in [0.2, 0.25) is 0 Å². The third-order valence-electron chi connectivity index (χ3n) is 6.11. The number of hydrogen-bond acceptors (Lipinski definition) is 2. The second-order valence-electron chi connectivity index (χ2n) is 7.66. The van der Waals surface area contributed by atoms with E-state index in [9.17, 15) is 0 Å². The monoisotopic (exact) mass is 442 g/mol. The molecule has 0 N–H and O–H groups in total. The second-order valence-corrected chi connectivity index (χ2v) is 7.66. The van der Waals surface area contributed by atoms with Gasteiger partial charge in [-0.15, -0.1) is 11.6 Å². The van der Waals surface area contributed by atoms with Crippen LogP contribution in [0.4, 0.5) is 11.4 Å². The summed E-state index contributed by atoms with van der Waals surface area (Å²) in [5.41, 5.74) is 7.83. The average molecular weight is 442 g/mol. The summed E-state index contributed by atoms with van der Waals surface area (Å²) in [5, 5.41) is 0. The van der Waals surface area contributed by atoms with E-state index in [4.69, 9.17) is 4.74 Å². The molecule has 0 aromatic heterocycles. The quantitative estimate of drug-likeness (QED) is 0.493. The molecule has 0 saturated heterocycles. The molecule has 4 heteroatoms. The molecule has 2 aromatic carbocycles. The van der Waals surface area contributed by atoms with Gasteiger partial charge in [0, 0.05) is 50.8 Å². The van der Waals surface area contributed by atoms with Gasteiger partial charge in [0.25, 0.3) is 0 Å². The third kappa shape index (κ3) is 2.96. The molecule has 2 atom stereocenters. The van der Waals surface area contributed by atoms with Gasteiger partial charge in [-0.1, -0.05) is 24.4 Å². The predicted molar refractivity (Wildman–Crippen MR) is 105 cm³/mol. The number of para-hydroxylation sites is 2. The fraction of sp³-hybridized carbons (Fsp3) is 0.292. The van der Waals surface area contributed by atoms with Gasteiger partial charge < -0.3 is 9.64 Å². The van der Waals surface area contributed by atoms with E-state index in [1.54, 1.807) is 0 Å². The number of nitrogens with zero attached hydrogens (tertiary/aromatic N) is 2. The Balaban J connectivity index is 0.00000171. The fourth-order valence-electron chi connectivity index (χ4n) is 4.81. The van der Waals surface area contributed by atoms with Crippen LogP contribution in [0, 0.1) is 12.3 Å².